The maximum absolute atomic E-state index is 15.0. The molecule has 0 unspecified atom stereocenters. The largest absolute Gasteiger partial charge is 0.359 e. The SMILES string of the molecule is CCCOCn1cc(-c2ccc(Nc3nc(-c4ccc(F)nc4)nn3C)cc2F)c(C(F)F)n1. The Hall–Kier alpha value is -3.80. The predicted molar refractivity (Wildman–Crippen MR) is 116 cm³/mol. The number of ether oxygens (including phenoxy) is 1. The molecule has 178 valence electrons. The first-order valence-electron chi connectivity index (χ1n) is 10.4. The second-order valence-corrected chi connectivity index (χ2v) is 7.38. The normalized spacial score (nSPS) is 11.4. The molecule has 0 atom stereocenters. The van der Waals surface area contributed by atoms with E-state index in [4.69, 9.17) is 4.74 Å². The Bertz CT molecular complexity index is 1270. The molecule has 0 radical (unpaired) electrons. The van der Waals surface area contributed by atoms with E-state index in [-0.39, 0.29) is 17.9 Å². The third-order valence-electron chi connectivity index (χ3n) is 4.83. The lowest BCUT2D eigenvalue weighted by Crippen LogP contribution is -2.04. The first-order valence-corrected chi connectivity index (χ1v) is 10.4. The highest BCUT2D eigenvalue weighted by Crippen LogP contribution is 2.33. The number of anilines is 2. The fourth-order valence-electron chi connectivity index (χ4n) is 3.24. The fraction of sp³-hybridized carbons (Fsp3) is 0.273. The van der Waals surface area contributed by atoms with Gasteiger partial charge in [0.1, 0.15) is 18.2 Å². The van der Waals surface area contributed by atoms with Crippen molar-refractivity contribution in [3.8, 4) is 22.5 Å². The zero-order valence-corrected chi connectivity index (χ0v) is 18.3. The van der Waals surface area contributed by atoms with Gasteiger partial charge in [0.15, 0.2) is 5.82 Å². The van der Waals surface area contributed by atoms with Crippen LogP contribution in [-0.2, 0) is 18.5 Å². The molecule has 0 bridgehead atoms. The summed E-state index contributed by atoms with van der Waals surface area (Å²) in [5.41, 5.74) is 0.289. The lowest BCUT2D eigenvalue weighted by molar-refractivity contribution is 0.0672. The van der Waals surface area contributed by atoms with Crippen molar-refractivity contribution in [2.75, 3.05) is 11.9 Å². The number of aromatic nitrogens is 6. The number of nitrogens with zero attached hydrogens (tertiary/aromatic N) is 6. The summed E-state index contributed by atoms with van der Waals surface area (Å²) in [4.78, 5) is 7.90. The topological polar surface area (TPSA) is 82.7 Å². The van der Waals surface area contributed by atoms with Crippen molar-refractivity contribution in [2.24, 2.45) is 7.05 Å². The minimum atomic E-state index is -2.88. The van der Waals surface area contributed by atoms with E-state index in [0.29, 0.717) is 29.6 Å². The van der Waals surface area contributed by atoms with Crippen molar-refractivity contribution < 1.29 is 22.3 Å². The molecule has 12 heteroatoms. The van der Waals surface area contributed by atoms with Crippen molar-refractivity contribution in [1.29, 1.82) is 0 Å². The summed E-state index contributed by atoms with van der Waals surface area (Å²) in [6, 6.07) is 6.78. The summed E-state index contributed by atoms with van der Waals surface area (Å²) in [7, 11) is 1.63. The van der Waals surface area contributed by atoms with Crippen LogP contribution < -0.4 is 5.32 Å². The van der Waals surface area contributed by atoms with Crippen LogP contribution in [0.1, 0.15) is 25.5 Å². The molecule has 4 aromatic rings. The number of alkyl halides is 2. The highest BCUT2D eigenvalue weighted by molar-refractivity contribution is 5.70. The highest BCUT2D eigenvalue weighted by Gasteiger charge is 2.22. The van der Waals surface area contributed by atoms with Crippen LogP contribution in [0.5, 0.6) is 0 Å². The maximum Gasteiger partial charge on any atom is 0.282 e. The van der Waals surface area contributed by atoms with Gasteiger partial charge < -0.3 is 10.1 Å². The van der Waals surface area contributed by atoms with Crippen LogP contribution in [0.3, 0.4) is 0 Å². The zero-order chi connectivity index (χ0) is 24.2. The minimum Gasteiger partial charge on any atom is -0.359 e. The molecule has 0 saturated carbocycles. The molecule has 0 aliphatic carbocycles. The van der Waals surface area contributed by atoms with E-state index >= 15 is 0 Å². The molecule has 0 amide bonds. The Morgan fingerprint density at radius 3 is 2.59 bits per heavy atom. The summed E-state index contributed by atoms with van der Waals surface area (Å²) in [6.07, 6.45) is 0.538. The number of benzene rings is 1. The van der Waals surface area contributed by atoms with Crippen molar-refractivity contribution in [3.63, 3.8) is 0 Å². The minimum absolute atomic E-state index is 0.00706. The van der Waals surface area contributed by atoms with Crippen LogP contribution in [0.4, 0.5) is 29.2 Å². The van der Waals surface area contributed by atoms with Gasteiger partial charge in [0.25, 0.3) is 6.43 Å². The molecule has 3 aromatic heterocycles. The third kappa shape index (κ3) is 5.06. The quantitative estimate of drug-likeness (QED) is 0.206. The van der Waals surface area contributed by atoms with Gasteiger partial charge in [0.05, 0.1) is 0 Å². The van der Waals surface area contributed by atoms with E-state index in [2.05, 4.69) is 25.5 Å². The van der Waals surface area contributed by atoms with Gasteiger partial charge in [0.2, 0.25) is 11.9 Å². The number of rotatable bonds is 9. The molecule has 0 fully saturated rings. The van der Waals surface area contributed by atoms with Gasteiger partial charge in [-0.2, -0.15) is 14.5 Å². The van der Waals surface area contributed by atoms with Crippen LogP contribution in [0.2, 0.25) is 0 Å². The van der Waals surface area contributed by atoms with E-state index in [1.807, 2.05) is 6.92 Å². The van der Waals surface area contributed by atoms with Gasteiger partial charge in [-0.05, 0) is 36.8 Å². The third-order valence-corrected chi connectivity index (χ3v) is 4.83. The molecule has 8 nitrogen and oxygen atoms in total. The molecular weight excluding hydrogens is 454 g/mol. The zero-order valence-electron chi connectivity index (χ0n) is 18.3. The molecule has 0 aliphatic heterocycles. The molecule has 1 N–H and O–H groups in total. The molecule has 3 heterocycles. The standard InChI is InChI=1S/C22H21F4N7O/c1-3-8-34-12-33-11-16(19(30-33)20(25)26)15-6-5-14(9-17(15)23)28-22-29-21(31-32(22)2)13-4-7-18(24)27-10-13/h4-7,9-11,20H,3,8,12H2,1-2H3,(H,28,29,31). The Balaban J connectivity index is 1.57. The Morgan fingerprint density at radius 1 is 1.09 bits per heavy atom. The van der Waals surface area contributed by atoms with Gasteiger partial charge in [-0.15, -0.1) is 5.10 Å². The predicted octanol–water partition coefficient (Wildman–Crippen LogP) is 5.08. The van der Waals surface area contributed by atoms with Crippen molar-refractivity contribution >= 4 is 11.6 Å². The molecule has 0 saturated heterocycles. The van der Waals surface area contributed by atoms with E-state index in [1.54, 1.807) is 7.05 Å². The van der Waals surface area contributed by atoms with Gasteiger partial charge in [0, 0.05) is 48.4 Å². The van der Waals surface area contributed by atoms with E-state index < -0.39 is 23.9 Å². The molecule has 0 aliphatic rings. The monoisotopic (exact) mass is 475 g/mol. The summed E-state index contributed by atoms with van der Waals surface area (Å²) < 4.78 is 63.1. The number of pyridine rings is 1. The van der Waals surface area contributed by atoms with Crippen LogP contribution in [-0.4, -0.2) is 36.1 Å². The van der Waals surface area contributed by atoms with Crippen molar-refractivity contribution in [3.05, 3.63) is 60.2 Å². The van der Waals surface area contributed by atoms with Crippen LogP contribution in [0.15, 0.2) is 42.7 Å². The van der Waals surface area contributed by atoms with Crippen LogP contribution in [0, 0.1) is 11.8 Å². The average Bonchev–Trinajstić information content (AvgIpc) is 3.38. The number of hydrogen-bond donors (Lipinski definition) is 1. The lowest BCUT2D eigenvalue weighted by Gasteiger charge is -2.08. The smallest absolute Gasteiger partial charge is 0.282 e. The Kier molecular flexibility index (Phi) is 6.87. The second kappa shape index (κ2) is 10.00. The lowest BCUT2D eigenvalue weighted by atomic mass is 10.1. The number of nitrogens with one attached hydrogen (secondary N) is 1. The Morgan fingerprint density at radius 2 is 1.91 bits per heavy atom. The number of aryl methyl sites for hydroxylation is 1. The number of halogens is 4. The van der Waals surface area contributed by atoms with E-state index in [1.165, 1.54) is 52.1 Å². The highest BCUT2D eigenvalue weighted by atomic mass is 19.3. The molecular formula is C22H21F4N7O. The van der Waals surface area contributed by atoms with Crippen LogP contribution in [0.25, 0.3) is 22.5 Å². The van der Waals surface area contributed by atoms with E-state index in [0.717, 1.165) is 6.42 Å². The Labute approximate surface area is 192 Å². The van der Waals surface area contributed by atoms with Gasteiger partial charge in [-0.1, -0.05) is 6.92 Å². The molecule has 34 heavy (non-hydrogen) atoms. The summed E-state index contributed by atoms with van der Waals surface area (Å²) >= 11 is 0. The second-order valence-electron chi connectivity index (χ2n) is 7.38. The summed E-state index contributed by atoms with van der Waals surface area (Å²) in [6.45, 7) is 2.37. The van der Waals surface area contributed by atoms with Crippen molar-refractivity contribution in [1.82, 2.24) is 29.5 Å². The van der Waals surface area contributed by atoms with Crippen molar-refractivity contribution in [2.45, 2.75) is 26.5 Å². The fourth-order valence-corrected chi connectivity index (χ4v) is 3.24. The van der Waals surface area contributed by atoms with Gasteiger partial charge in [-0.25, -0.2) is 27.5 Å². The average molecular weight is 475 g/mol. The summed E-state index contributed by atoms with van der Waals surface area (Å²) in [5, 5.41) is 11.0. The molecule has 1 aromatic carbocycles. The van der Waals surface area contributed by atoms with Gasteiger partial charge in [-0.3, -0.25) is 0 Å². The maximum atomic E-state index is 15.0. The molecule has 0 spiro atoms. The summed E-state index contributed by atoms with van der Waals surface area (Å²) in [5.74, 6) is -0.747. The molecule has 4 rings (SSSR count). The van der Waals surface area contributed by atoms with Crippen LogP contribution >= 0.6 is 0 Å². The first kappa shape index (κ1) is 23.4. The number of hydrogen-bond acceptors (Lipinski definition) is 6. The van der Waals surface area contributed by atoms with E-state index in [9.17, 15) is 17.6 Å². The van der Waals surface area contributed by atoms with Gasteiger partial charge >= 0.3 is 0 Å². The first-order chi connectivity index (χ1) is 16.4.